The van der Waals surface area contributed by atoms with Crippen LogP contribution < -0.4 is 10.1 Å². The van der Waals surface area contributed by atoms with Gasteiger partial charge in [0.2, 0.25) is 5.91 Å². The number of anilines is 1. The van der Waals surface area contributed by atoms with Crippen LogP contribution in [0.25, 0.3) is 22.2 Å². The molecule has 2 heterocycles. The zero-order valence-electron chi connectivity index (χ0n) is 22.4. The van der Waals surface area contributed by atoms with E-state index in [0.717, 1.165) is 98.9 Å². The molecule has 200 valence electrons. The van der Waals surface area contributed by atoms with Crippen LogP contribution >= 0.6 is 0 Å². The minimum Gasteiger partial charge on any atom is -0.492 e. The average molecular weight is 516 g/mol. The third kappa shape index (κ3) is 5.86. The topological polar surface area (TPSA) is 82.8 Å². The van der Waals surface area contributed by atoms with Gasteiger partial charge in [0.25, 0.3) is 0 Å². The molecule has 5 rings (SSSR count). The van der Waals surface area contributed by atoms with Gasteiger partial charge in [-0.15, -0.1) is 0 Å². The maximum absolute atomic E-state index is 12.1. The van der Waals surface area contributed by atoms with E-state index in [1.165, 1.54) is 0 Å². The molecule has 1 saturated heterocycles. The highest BCUT2D eigenvalue weighted by atomic mass is 16.5. The lowest BCUT2D eigenvalue weighted by molar-refractivity contribution is -0.117. The molecular weight excluding hydrogens is 478 g/mol. The Balaban J connectivity index is 1.27. The molecule has 8 heteroatoms. The first-order valence-corrected chi connectivity index (χ1v) is 13.6. The molecule has 0 spiro atoms. The highest BCUT2D eigenvalue weighted by Gasteiger charge is 2.29. The highest BCUT2D eigenvalue weighted by Crippen LogP contribution is 2.36. The van der Waals surface area contributed by atoms with Gasteiger partial charge < -0.3 is 19.4 Å². The quantitative estimate of drug-likeness (QED) is 0.412. The molecule has 1 saturated carbocycles. The maximum Gasteiger partial charge on any atom is 0.227 e. The number of nitrogens with zero attached hydrogens (tertiary/aromatic N) is 4. The van der Waals surface area contributed by atoms with Crippen LogP contribution in [0.5, 0.6) is 5.75 Å². The summed E-state index contributed by atoms with van der Waals surface area (Å²) in [4.78, 5) is 17.0. The number of hydrogen-bond acceptors (Lipinski definition) is 6. The molecule has 0 bridgehead atoms. The van der Waals surface area contributed by atoms with Crippen molar-refractivity contribution in [3.8, 4) is 23.1 Å². The van der Waals surface area contributed by atoms with E-state index in [-0.39, 0.29) is 11.8 Å². The SMILES string of the molecule is CCn1c(-c2ccc(NC(=O)C3CC3)cc2)c(C#N)c2ccc(OCCN3CCN(CCOC)CC3)cc21. The van der Waals surface area contributed by atoms with Crippen LogP contribution in [0.1, 0.15) is 25.3 Å². The first-order valence-electron chi connectivity index (χ1n) is 13.6. The summed E-state index contributed by atoms with van der Waals surface area (Å²) in [6.07, 6.45) is 1.95. The van der Waals surface area contributed by atoms with Crippen molar-refractivity contribution in [3.05, 3.63) is 48.0 Å². The number of methoxy groups -OCH3 is 1. The molecule has 0 atom stereocenters. The van der Waals surface area contributed by atoms with Crippen LogP contribution in [0.15, 0.2) is 42.5 Å². The number of aromatic nitrogens is 1. The molecule has 2 aromatic carbocycles. The summed E-state index contributed by atoms with van der Waals surface area (Å²) in [7, 11) is 1.75. The van der Waals surface area contributed by atoms with Gasteiger partial charge in [0.15, 0.2) is 0 Å². The molecule has 2 fully saturated rings. The van der Waals surface area contributed by atoms with E-state index in [1.807, 2.05) is 36.4 Å². The Kier molecular flexibility index (Phi) is 8.28. The Hall–Kier alpha value is -3.38. The lowest BCUT2D eigenvalue weighted by Gasteiger charge is -2.34. The van der Waals surface area contributed by atoms with Gasteiger partial charge in [-0.3, -0.25) is 14.6 Å². The number of ether oxygens (including phenoxy) is 2. The summed E-state index contributed by atoms with van der Waals surface area (Å²) in [5.41, 5.74) is 4.30. The van der Waals surface area contributed by atoms with Gasteiger partial charge in [-0.1, -0.05) is 12.1 Å². The predicted molar refractivity (Wildman–Crippen MR) is 149 cm³/mol. The Morgan fingerprint density at radius 3 is 2.32 bits per heavy atom. The third-order valence-corrected chi connectivity index (χ3v) is 7.59. The van der Waals surface area contributed by atoms with Crippen LogP contribution in [0, 0.1) is 17.2 Å². The van der Waals surface area contributed by atoms with Crippen LogP contribution in [-0.4, -0.2) is 79.9 Å². The molecule has 1 N–H and O–H groups in total. The third-order valence-electron chi connectivity index (χ3n) is 7.59. The number of amides is 1. The Morgan fingerprint density at radius 1 is 1.03 bits per heavy atom. The number of benzene rings is 2. The normalized spacial score (nSPS) is 16.4. The number of aryl methyl sites for hydroxylation is 1. The van der Waals surface area contributed by atoms with Crippen molar-refractivity contribution >= 4 is 22.5 Å². The fraction of sp³-hybridized carbons (Fsp3) is 0.467. The summed E-state index contributed by atoms with van der Waals surface area (Å²) in [6, 6.07) is 16.2. The number of carbonyl (C=O) groups excluding carboxylic acids is 1. The molecule has 38 heavy (non-hydrogen) atoms. The number of hydrogen-bond donors (Lipinski definition) is 1. The number of nitriles is 1. The van der Waals surface area contributed by atoms with Crippen LogP contribution in [0.3, 0.4) is 0 Å². The Morgan fingerprint density at radius 2 is 1.71 bits per heavy atom. The van der Waals surface area contributed by atoms with Crippen LogP contribution in [0.4, 0.5) is 5.69 Å². The largest absolute Gasteiger partial charge is 0.492 e. The van der Waals surface area contributed by atoms with E-state index in [9.17, 15) is 10.1 Å². The monoisotopic (exact) mass is 515 g/mol. The number of nitrogens with one attached hydrogen (secondary N) is 1. The summed E-state index contributed by atoms with van der Waals surface area (Å²) in [6.45, 7) is 10.3. The molecule has 1 aromatic heterocycles. The van der Waals surface area contributed by atoms with Crippen molar-refractivity contribution in [3.63, 3.8) is 0 Å². The summed E-state index contributed by atoms with van der Waals surface area (Å²) >= 11 is 0. The second-order valence-corrected chi connectivity index (χ2v) is 10.1. The molecule has 0 unspecified atom stereocenters. The average Bonchev–Trinajstić information content (AvgIpc) is 3.75. The lowest BCUT2D eigenvalue weighted by atomic mass is 10.1. The predicted octanol–water partition coefficient (Wildman–Crippen LogP) is 4.19. The fourth-order valence-corrected chi connectivity index (χ4v) is 5.21. The standard InChI is InChI=1S/C30H37N5O3/c1-3-35-28-20-25(38-19-17-34-14-12-33(13-15-34)16-18-37-2)10-11-26(28)27(21-31)29(35)22-6-8-24(9-7-22)32-30(36)23-4-5-23/h6-11,20,23H,3-5,12-19H2,1-2H3,(H,32,36). The van der Waals surface area contributed by atoms with Crippen molar-refractivity contribution < 1.29 is 14.3 Å². The molecule has 3 aromatic rings. The van der Waals surface area contributed by atoms with E-state index in [4.69, 9.17) is 9.47 Å². The molecule has 8 nitrogen and oxygen atoms in total. The van der Waals surface area contributed by atoms with Crippen molar-refractivity contribution in [1.82, 2.24) is 14.4 Å². The van der Waals surface area contributed by atoms with E-state index in [1.54, 1.807) is 7.11 Å². The van der Waals surface area contributed by atoms with Gasteiger partial charge in [-0.25, -0.2) is 0 Å². The van der Waals surface area contributed by atoms with E-state index < -0.39 is 0 Å². The number of fused-ring (bicyclic) bond motifs is 1. The summed E-state index contributed by atoms with van der Waals surface area (Å²) in [5.74, 6) is 1.07. The van der Waals surface area contributed by atoms with Gasteiger partial charge in [0, 0.05) is 76.0 Å². The van der Waals surface area contributed by atoms with Gasteiger partial charge in [-0.2, -0.15) is 5.26 Å². The van der Waals surface area contributed by atoms with E-state index >= 15 is 0 Å². The zero-order chi connectivity index (χ0) is 26.5. The van der Waals surface area contributed by atoms with Crippen molar-refractivity contribution in [2.45, 2.75) is 26.3 Å². The molecule has 1 aliphatic heterocycles. The van der Waals surface area contributed by atoms with Crippen molar-refractivity contribution in [2.75, 3.05) is 64.9 Å². The van der Waals surface area contributed by atoms with Crippen molar-refractivity contribution in [1.29, 1.82) is 5.26 Å². The first kappa shape index (κ1) is 26.2. The molecule has 0 radical (unpaired) electrons. The minimum absolute atomic E-state index is 0.0926. The molecule has 1 amide bonds. The van der Waals surface area contributed by atoms with Gasteiger partial charge in [0.05, 0.1) is 23.4 Å². The summed E-state index contributed by atoms with van der Waals surface area (Å²) < 4.78 is 13.5. The lowest BCUT2D eigenvalue weighted by Crippen LogP contribution is -2.48. The van der Waals surface area contributed by atoms with Crippen molar-refractivity contribution in [2.24, 2.45) is 5.92 Å². The minimum atomic E-state index is 0.0926. The van der Waals surface area contributed by atoms with Gasteiger partial charge in [-0.05, 0) is 49.6 Å². The Bertz CT molecular complexity index is 1300. The summed E-state index contributed by atoms with van der Waals surface area (Å²) in [5, 5.41) is 14.0. The van der Waals surface area contributed by atoms with Crippen LogP contribution in [0.2, 0.25) is 0 Å². The highest BCUT2D eigenvalue weighted by molar-refractivity contribution is 5.96. The van der Waals surface area contributed by atoms with E-state index in [0.29, 0.717) is 12.2 Å². The molecular formula is C30H37N5O3. The smallest absolute Gasteiger partial charge is 0.227 e. The second kappa shape index (κ2) is 12.0. The number of carbonyl (C=O) groups is 1. The van der Waals surface area contributed by atoms with Crippen LogP contribution in [-0.2, 0) is 16.1 Å². The number of rotatable bonds is 11. The van der Waals surface area contributed by atoms with Gasteiger partial charge in [0.1, 0.15) is 18.4 Å². The first-order chi connectivity index (χ1) is 18.6. The Labute approximate surface area is 224 Å². The number of piperazine rings is 1. The fourth-order valence-electron chi connectivity index (χ4n) is 5.21. The van der Waals surface area contributed by atoms with Gasteiger partial charge >= 0.3 is 0 Å². The molecule has 1 aliphatic carbocycles. The zero-order valence-corrected chi connectivity index (χ0v) is 22.4. The maximum atomic E-state index is 12.1. The second-order valence-electron chi connectivity index (χ2n) is 10.1. The molecule has 2 aliphatic rings. The van der Waals surface area contributed by atoms with E-state index in [2.05, 4.69) is 38.7 Å².